The summed E-state index contributed by atoms with van der Waals surface area (Å²) in [6, 6.07) is 0. The summed E-state index contributed by atoms with van der Waals surface area (Å²) < 4.78 is 10.3. The number of epoxide rings is 1. The van der Waals surface area contributed by atoms with Gasteiger partial charge in [-0.3, -0.25) is 4.79 Å². The van der Waals surface area contributed by atoms with Crippen molar-refractivity contribution in [1.29, 1.82) is 0 Å². The fourth-order valence-corrected chi connectivity index (χ4v) is 2.49. The van der Waals surface area contributed by atoms with E-state index in [1.54, 1.807) is 0 Å². The van der Waals surface area contributed by atoms with Crippen molar-refractivity contribution in [3.05, 3.63) is 36.5 Å². The maximum absolute atomic E-state index is 11.7. The summed E-state index contributed by atoms with van der Waals surface area (Å²) in [6.07, 6.45) is 23.6. The average molecular weight is 349 g/mol. The van der Waals surface area contributed by atoms with Gasteiger partial charge in [0.1, 0.15) is 12.7 Å². The molecule has 0 aromatic carbocycles. The van der Waals surface area contributed by atoms with Crippen molar-refractivity contribution in [2.45, 2.75) is 77.7 Å². The summed E-state index contributed by atoms with van der Waals surface area (Å²) in [5.41, 5.74) is 0. The highest BCUT2D eigenvalue weighted by molar-refractivity contribution is 5.71. The summed E-state index contributed by atoms with van der Waals surface area (Å²) in [5, 5.41) is 0. The van der Waals surface area contributed by atoms with Crippen molar-refractivity contribution in [3.63, 3.8) is 0 Å². The van der Waals surface area contributed by atoms with Crippen LogP contribution in [-0.4, -0.2) is 25.3 Å². The summed E-state index contributed by atoms with van der Waals surface area (Å²) in [6.45, 7) is 5.29. The normalized spacial score (nSPS) is 18.4. The van der Waals surface area contributed by atoms with Gasteiger partial charge in [-0.15, -0.1) is 0 Å². The van der Waals surface area contributed by atoms with E-state index in [4.69, 9.17) is 9.47 Å². The van der Waals surface area contributed by atoms with Gasteiger partial charge in [0.25, 0.3) is 0 Å². The number of carbonyl (C=O) groups excluding carboxylic acids is 1. The molecule has 2 unspecified atom stereocenters. The number of ether oxygens (including phenoxy) is 2. The Hall–Kier alpha value is -1.35. The van der Waals surface area contributed by atoms with Crippen LogP contribution >= 0.6 is 0 Å². The highest BCUT2D eigenvalue weighted by Crippen LogP contribution is 2.15. The molecule has 1 rings (SSSR count). The SMILES string of the molecule is CC/C=C\C/C=C\C/C=C\CCCCCCC(C)C(=O)OCC1CO1. The van der Waals surface area contributed by atoms with Crippen molar-refractivity contribution in [3.8, 4) is 0 Å². The van der Waals surface area contributed by atoms with Crippen molar-refractivity contribution >= 4 is 5.97 Å². The van der Waals surface area contributed by atoms with Crippen molar-refractivity contribution in [2.24, 2.45) is 5.92 Å². The molecule has 1 aliphatic heterocycles. The lowest BCUT2D eigenvalue weighted by Crippen LogP contribution is -2.17. The Morgan fingerprint density at radius 3 is 2.36 bits per heavy atom. The van der Waals surface area contributed by atoms with Gasteiger partial charge in [0.15, 0.2) is 0 Å². The van der Waals surface area contributed by atoms with E-state index in [1.165, 1.54) is 19.3 Å². The number of hydrogen-bond acceptors (Lipinski definition) is 3. The standard InChI is InChI=1S/C22H36O3/c1-3-4-5-6-7-8-9-10-11-12-13-14-15-16-17-20(2)22(23)25-19-21-18-24-21/h4-5,7-8,10-11,20-21H,3,6,9,12-19H2,1-2H3/b5-4-,8-7-,11-10-. The highest BCUT2D eigenvalue weighted by Gasteiger charge is 2.25. The molecule has 2 atom stereocenters. The van der Waals surface area contributed by atoms with Gasteiger partial charge in [-0.25, -0.2) is 0 Å². The zero-order chi connectivity index (χ0) is 18.2. The summed E-state index contributed by atoms with van der Waals surface area (Å²) >= 11 is 0. The zero-order valence-electron chi connectivity index (χ0n) is 16.1. The highest BCUT2D eigenvalue weighted by atomic mass is 16.6. The van der Waals surface area contributed by atoms with E-state index in [0.29, 0.717) is 6.61 Å². The molecule has 0 bridgehead atoms. The zero-order valence-corrected chi connectivity index (χ0v) is 16.1. The largest absolute Gasteiger partial charge is 0.463 e. The predicted octanol–water partition coefficient (Wildman–Crippen LogP) is 5.76. The molecule has 142 valence electrons. The Morgan fingerprint density at radius 1 is 1.04 bits per heavy atom. The van der Waals surface area contributed by atoms with Gasteiger partial charge < -0.3 is 9.47 Å². The van der Waals surface area contributed by atoms with Crippen LogP contribution in [0.15, 0.2) is 36.5 Å². The molecule has 0 radical (unpaired) electrons. The third kappa shape index (κ3) is 13.6. The molecular weight excluding hydrogens is 312 g/mol. The molecule has 0 aromatic rings. The lowest BCUT2D eigenvalue weighted by atomic mass is 10.0. The van der Waals surface area contributed by atoms with Crippen LogP contribution in [0.1, 0.15) is 71.6 Å². The molecule has 3 heteroatoms. The molecule has 1 fully saturated rings. The third-order valence-electron chi connectivity index (χ3n) is 4.25. The predicted molar refractivity (Wildman–Crippen MR) is 105 cm³/mol. The Morgan fingerprint density at radius 2 is 1.68 bits per heavy atom. The third-order valence-corrected chi connectivity index (χ3v) is 4.25. The van der Waals surface area contributed by atoms with Crippen LogP contribution in [0.4, 0.5) is 0 Å². The lowest BCUT2D eigenvalue weighted by molar-refractivity contribution is -0.148. The van der Waals surface area contributed by atoms with Crippen molar-refractivity contribution in [2.75, 3.05) is 13.2 Å². The van der Waals surface area contributed by atoms with Crippen LogP contribution < -0.4 is 0 Å². The first kappa shape index (κ1) is 21.7. The van der Waals surface area contributed by atoms with E-state index in [2.05, 4.69) is 43.4 Å². The van der Waals surface area contributed by atoms with E-state index in [-0.39, 0.29) is 18.0 Å². The van der Waals surface area contributed by atoms with Gasteiger partial charge >= 0.3 is 5.97 Å². The van der Waals surface area contributed by atoms with Crippen LogP contribution in [0.5, 0.6) is 0 Å². The molecule has 0 N–H and O–H groups in total. The lowest BCUT2D eigenvalue weighted by Gasteiger charge is -2.10. The van der Waals surface area contributed by atoms with E-state index in [1.807, 2.05) is 6.92 Å². The van der Waals surface area contributed by atoms with Crippen molar-refractivity contribution < 1.29 is 14.3 Å². The fourth-order valence-electron chi connectivity index (χ4n) is 2.49. The van der Waals surface area contributed by atoms with E-state index in [0.717, 1.165) is 45.1 Å². The summed E-state index contributed by atoms with van der Waals surface area (Å²) in [4.78, 5) is 11.7. The average Bonchev–Trinajstić information content (AvgIpc) is 3.44. The first-order valence-corrected chi connectivity index (χ1v) is 9.97. The number of rotatable bonds is 15. The smallest absolute Gasteiger partial charge is 0.308 e. The quantitative estimate of drug-likeness (QED) is 0.163. The Balaban J connectivity index is 1.86. The molecule has 0 amide bonds. The van der Waals surface area contributed by atoms with Crippen LogP contribution in [-0.2, 0) is 14.3 Å². The van der Waals surface area contributed by atoms with Gasteiger partial charge in [-0.2, -0.15) is 0 Å². The summed E-state index contributed by atoms with van der Waals surface area (Å²) in [7, 11) is 0. The maximum Gasteiger partial charge on any atom is 0.308 e. The molecule has 1 heterocycles. The Kier molecular flexibility index (Phi) is 13.0. The number of unbranched alkanes of at least 4 members (excludes halogenated alkanes) is 4. The minimum atomic E-state index is -0.0725. The monoisotopic (exact) mass is 348 g/mol. The second-order valence-corrected chi connectivity index (χ2v) is 6.77. The van der Waals surface area contributed by atoms with Gasteiger partial charge in [0.2, 0.25) is 0 Å². The van der Waals surface area contributed by atoms with E-state index in [9.17, 15) is 4.79 Å². The van der Waals surface area contributed by atoms with Gasteiger partial charge in [0.05, 0.1) is 12.5 Å². The molecule has 1 aliphatic rings. The topological polar surface area (TPSA) is 38.8 Å². The van der Waals surface area contributed by atoms with Gasteiger partial charge in [0, 0.05) is 0 Å². The Bertz CT molecular complexity index is 419. The van der Waals surface area contributed by atoms with Gasteiger partial charge in [-0.05, 0) is 38.5 Å². The molecule has 0 aliphatic carbocycles. The van der Waals surface area contributed by atoms with Crippen LogP contribution in [0.3, 0.4) is 0 Å². The first-order valence-electron chi connectivity index (χ1n) is 9.97. The molecule has 1 saturated heterocycles. The number of hydrogen-bond donors (Lipinski definition) is 0. The molecule has 25 heavy (non-hydrogen) atoms. The van der Waals surface area contributed by atoms with Crippen LogP contribution in [0.25, 0.3) is 0 Å². The van der Waals surface area contributed by atoms with Crippen LogP contribution in [0, 0.1) is 5.92 Å². The van der Waals surface area contributed by atoms with Gasteiger partial charge in [-0.1, -0.05) is 69.6 Å². The first-order chi connectivity index (χ1) is 12.2. The molecule has 3 nitrogen and oxygen atoms in total. The molecule has 0 aromatic heterocycles. The fraction of sp³-hybridized carbons (Fsp3) is 0.682. The van der Waals surface area contributed by atoms with Crippen LogP contribution in [0.2, 0.25) is 0 Å². The molecule has 0 saturated carbocycles. The molecule has 0 spiro atoms. The van der Waals surface area contributed by atoms with E-state index < -0.39 is 0 Å². The van der Waals surface area contributed by atoms with E-state index >= 15 is 0 Å². The molecular formula is C22H36O3. The second kappa shape index (κ2) is 14.9. The summed E-state index contributed by atoms with van der Waals surface area (Å²) in [5.74, 6) is -0.0609. The minimum Gasteiger partial charge on any atom is -0.463 e. The second-order valence-electron chi connectivity index (χ2n) is 6.77. The number of allylic oxidation sites excluding steroid dienone is 6. The maximum atomic E-state index is 11.7. The van der Waals surface area contributed by atoms with Crippen molar-refractivity contribution in [1.82, 2.24) is 0 Å². The number of carbonyl (C=O) groups is 1. The Labute approximate surface area is 154 Å². The number of esters is 1. The minimum absolute atomic E-state index is 0.0117.